The van der Waals surface area contributed by atoms with Crippen molar-refractivity contribution in [3.63, 3.8) is 0 Å². The second kappa shape index (κ2) is 5.16. The highest BCUT2D eigenvalue weighted by Gasteiger charge is 2.39. The number of hydrogen-bond donors (Lipinski definition) is 0. The average Bonchev–Trinajstić information content (AvgIpc) is 2.39. The molecule has 0 radical (unpaired) electrons. The lowest BCUT2D eigenvalue weighted by Crippen LogP contribution is -2.40. The predicted octanol–water partition coefficient (Wildman–Crippen LogP) is 2.92. The Kier molecular flexibility index (Phi) is 3.78. The third kappa shape index (κ3) is 2.31. The normalized spacial score (nSPS) is 26.3. The van der Waals surface area contributed by atoms with Crippen molar-refractivity contribution in [3.8, 4) is 11.5 Å². The average molecular weight is 252 g/mol. The molecule has 4 heteroatoms. The van der Waals surface area contributed by atoms with E-state index in [2.05, 4.69) is 0 Å². The largest absolute Gasteiger partial charge is 0.490 e. The lowest BCUT2D eigenvalue weighted by Gasteiger charge is -2.38. The van der Waals surface area contributed by atoms with Gasteiger partial charge >= 0.3 is 0 Å². The number of hydrogen-bond acceptors (Lipinski definition) is 4. The first-order valence-corrected chi connectivity index (χ1v) is 6.16. The molecule has 1 aromatic carbocycles. The molecule has 18 heavy (non-hydrogen) atoms. The fraction of sp³-hybridized carbons (Fsp3) is 0.571. The van der Waals surface area contributed by atoms with Crippen LogP contribution < -0.4 is 9.47 Å². The standard InChI is InChI=1S/C14H20O4/c1-5-17-11-8-6-7-10-12(15-3)9-14(2,16-4)18-13(10)11/h6-8,12H,5,9H2,1-4H3. The molecule has 0 amide bonds. The molecule has 0 aromatic heterocycles. The van der Waals surface area contributed by atoms with Crippen molar-refractivity contribution >= 4 is 0 Å². The van der Waals surface area contributed by atoms with Crippen LogP contribution in [0.4, 0.5) is 0 Å². The molecule has 0 saturated heterocycles. The summed E-state index contributed by atoms with van der Waals surface area (Å²) in [5, 5.41) is 0. The topological polar surface area (TPSA) is 36.9 Å². The van der Waals surface area contributed by atoms with E-state index >= 15 is 0 Å². The Hall–Kier alpha value is -1.26. The van der Waals surface area contributed by atoms with Crippen molar-refractivity contribution in [1.82, 2.24) is 0 Å². The number of benzene rings is 1. The van der Waals surface area contributed by atoms with Gasteiger partial charge in [0.2, 0.25) is 5.79 Å². The van der Waals surface area contributed by atoms with E-state index < -0.39 is 5.79 Å². The summed E-state index contributed by atoms with van der Waals surface area (Å²) in [7, 11) is 3.34. The fourth-order valence-corrected chi connectivity index (χ4v) is 2.20. The number of fused-ring (bicyclic) bond motifs is 1. The SMILES string of the molecule is CCOc1cccc2c1OC(C)(OC)CC2OC. The maximum absolute atomic E-state index is 5.96. The van der Waals surface area contributed by atoms with E-state index in [-0.39, 0.29) is 6.10 Å². The molecule has 0 aliphatic carbocycles. The van der Waals surface area contributed by atoms with Gasteiger partial charge in [-0.25, -0.2) is 0 Å². The van der Waals surface area contributed by atoms with Crippen LogP contribution in [-0.2, 0) is 9.47 Å². The Morgan fingerprint density at radius 1 is 1.39 bits per heavy atom. The predicted molar refractivity (Wildman–Crippen MR) is 68.0 cm³/mol. The Balaban J connectivity index is 2.44. The number of rotatable bonds is 4. The van der Waals surface area contributed by atoms with Gasteiger partial charge in [-0.2, -0.15) is 0 Å². The molecular weight excluding hydrogens is 232 g/mol. The van der Waals surface area contributed by atoms with Gasteiger partial charge in [0.25, 0.3) is 0 Å². The zero-order valence-electron chi connectivity index (χ0n) is 11.4. The molecular formula is C14H20O4. The third-order valence-corrected chi connectivity index (χ3v) is 3.25. The first-order valence-electron chi connectivity index (χ1n) is 6.16. The van der Waals surface area contributed by atoms with Gasteiger partial charge < -0.3 is 18.9 Å². The monoisotopic (exact) mass is 252 g/mol. The molecule has 0 spiro atoms. The molecule has 0 bridgehead atoms. The molecule has 1 heterocycles. The highest BCUT2D eigenvalue weighted by Crippen LogP contribution is 2.46. The van der Waals surface area contributed by atoms with Gasteiger partial charge in [-0.05, 0) is 13.0 Å². The maximum atomic E-state index is 5.96. The third-order valence-electron chi connectivity index (χ3n) is 3.25. The van der Waals surface area contributed by atoms with Gasteiger partial charge in [-0.3, -0.25) is 0 Å². The zero-order chi connectivity index (χ0) is 13.2. The zero-order valence-corrected chi connectivity index (χ0v) is 11.4. The summed E-state index contributed by atoms with van der Waals surface area (Å²) in [5.74, 6) is 0.780. The van der Waals surface area contributed by atoms with E-state index in [0.29, 0.717) is 13.0 Å². The first kappa shape index (κ1) is 13.2. The van der Waals surface area contributed by atoms with E-state index in [4.69, 9.17) is 18.9 Å². The van der Waals surface area contributed by atoms with Gasteiger partial charge in [0.1, 0.15) is 0 Å². The van der Waals surface area contributed by atoms with Crippen molar-refractivity contribution in [1.29, 1.82) is 0 Å². The Morgan fingerprint density at radius 2 is 2.17 bits per heavy atom. The Bertz CT molecular complexity index is 418. The highest BCUT2D eigenvalue weighted by atomic mass is 16.7. The number of ether oxygens (including phenoxy) is 4. The van der Waals surface area contributed by atoms with Gasteiger partial charge in [-0.1, -0.05) is 12.1 Å². The minimum Gasteiger partial charge on any atom is -0.490 e. The van der Waals surface area contributed by atoms with Gasteiger partial charge in [0.15, 0.2) is 11.5 Å². The van der Waals surface area contributed by atoms with E-state index in [0.717, 1.165) is 17.1 Å². The van der Waals surface area contributed by atoms with Crippen molar-refractivity contribution < 1.29 is 18.9 Å². The molecule has 0 fully saturated rings. The second-order valence-corrected chi connectivity index (χ2v) is 4.48. The molecule has 100 valence electrons. The summed E-state index contributed by atoms with van der Waals surface area (Å²) in [5.41, 5.74) is 1.01. The van der Waals surface area contributed by atoms with Crippen LogP contribution in [0.2, 0.25) is 0 Å². The quantitative estimate of drug-likeness (QED) is 0.825. The summed E-state index contributed by atoms with van der Waals surface area (Å²) in [6.07, 6.45) is 0.613. The molecule has 1 aliphatic rings. The number of para-hydroxylation sites is 1. The van der Waals surface area contributed by atoms with Crippen molar-refractivity contribution in [2.24, 2.45) is 0 Å². The van der Waals surface area contributed by atoms with Crippen molar-refractivity contribution in [2.45, 2.75) is 32.2 Å². The number of methoxy groups -OCH3 is 2. The molecule has 2 unspecified atom stereocenters. The van der Waals surface area contributed by atoms with Crippen LogP contribution in [0.25, 0.3) is 0 Å². The van der Waals surface area contributed by atoms with Gasteiger partial charge in [-0.15, -0.1) is 0 Å². The molecule has 4 nitrogen and oxygen atoms in total. The minimum absolute atomic E-state index is 0.0425. The summed E-state index contributed by atoms with van der Waals surface area (Å²) in [4.78, 5) is 0. The molecule has 2 rings (SSSR count). The van der Waals surface area contributed by atoms with Crippen LogP contribution in [0, 0.1) is 0 Å². The van der Waals surface area contributed by atoms with Crippen molar-refractivity contribution in [3.05, 3.63) is 23.8 Å². The van der Waals surface area contributed by atoms with E-state index in [1.54, 1.807) is 14.2 Å². The van der Waals surface area contributed by atoms with Crippen LogP contribution in [0.15, 0.2) is 18.2 Å². The Morgan fingerprint density at radius 3 is 2.78 bits per heavy atom. The van der Waals surface area contributed by atoms with Crippen LogP contribution >= 0.6 is 0 Å². The minimum atomic E-state index is -0.680. The van der Waals surface area contributed by atoms with Gasteiger partial charge in [0.05, 0.1) is 12.7 Å². The van der Waals surface area contributed by atoms with E-state index in [1.165, 1.54) is 0 Å². The second-order valence-electron chi connectivity index (χ2n) is 4.48. The van der Waals surface area contributed by atoms with Crippen LogP contribution in [-0.4, -0.2) is 26.6 Å². The lowest BCUT2D eigenvalue weighted by atomic mass is 9.97. The lowest BCUT2D eigenvalue weighted by molar-refractivity contribution is -0.185. The molecule has 1 aliphatic heterocycles. The van der Waals surface area contributed by atoms with Gasteiger partial charge in [0, 0.05) is 33.1 Å². The summed E-state index contributed by atoms with van der Waals surface area (Å²) in [6, 6.07) is 5.85. The summed E-state index contributed by atoms with van der Waals surface area (Å²) >= 11 is 0. The fourth-order valence-electron chi connectivity index (χ4n) is 2.20. The molecule has 2 atom stereocenters. The van der Waals surface area contributed by atoms with Crippen LogP contribution in [0.1, 0.15) is 31.9 Å². The van der Waals surface area contributed by atoms with E-state index in [1.807, 2.05) is 32.0 Å². The molecule has 0 saturated carbocycles. The molecule has 1 aromatic rings. The van der Waals surface area contributed by atoms with E-state index in [9.17, 15) is 0 Å². The Labute approximate surface area is 108 Å². The van der Waals surface area contributed by atoms with Crippen LogP contribution in [0.5, 0.6) is 11.5 Å². The van der Waals surface area contributed by atoms with Crippen molar-refractivity contribution in [2.75, 3.05) is 20.8 Å². The summed E-state index contributed by atoms with van der Waals surface area (Å²) < 4.78 is 22.5. The first-order chi connectivity index (χ1) is 8.63. The summed E-state index contributed by atoms with van der Waals surface area (Å²) in [6.45, 7) is 4.46. The maximum Gasteiger partial charge on any atom is 0.210 e. The smallest absolute Gasteiger partial charge is 0.210 e. The molecule has 0 N–H and O–H groups in total. The highest BCUT2D eigenvalue weighted by molar-refractivity contribution is 5.49. The van der Waals surface area contributed by atoms with Crippen LogP contribution in [0.3, 0.4) is 0 Å².